The molecule has 0 aliphatic rings. The first-order chi connectivity index (χ1) is 8.04. The molecule has 0 spiro atoms. The second-order valence-electron chi connectivity index (χ2n) is 4.36. The van der Waals surface area contributed by atoms with Crippen LogP contribution in [-0.4, -0.2) is 16.3 Å². The number of thioether (sulfide) groups is 1. The maximum absolute atomic E-state index is 11.2. The van der Waals surface area contributed by atoms with Crippen molar-refractivity contribution in [1.29, 1.82) is 0 Å². The Morgan fingerprint density at radius 3 is 2.65 bits per heavy atom. The van der Waals surface area contributed by atoms with Gasteiger partial charge in [0.15, 0.2) is 0 Å². The molecule has 0 aliphatic carbocycles. The predicted molar refractivity (Wildman–Crippen MR) is 72.7 cm³/mol. The molecule has 1 aromatic rings. The van der Waals surface area contributed by atoms with Crippen molar-refractivity contribution < 1.29 is 9.90 Å². The molecule has 0 saturated carbocycles. The lowest BCUT2D eigenvalue weighted by Crippen LogP contribution is -2.16. The van der Waals surface area contributed by atoms with Gasteiger partial charge < -0.3 is 5.11 Å². The Morgan fingerprint density at radius 1 is 1.41 bits per heavy atom. The molecule has 17 heavy (non-hydrogen) atoms. The summed E-state index contributed by atoms with van der Waals surface area (Å²) < 4.78 is 0. The first-order valence-electron chi connectivity index (χ1n) is 6.01. The van der Waals surface area contributed by atoms with Crippen LogP contribution in [0.25, 0.3) is 0 Å². The number of aryl methyl sites for hydroxylation is 2. The molecule has 1 N–H and O–H groups in total. The minimum Gasteiger partial charge on any atom is -0.480 e. The fraction of sp³-hybridized carbons (Fsp3) is 0.500. The topological polar surface area (TPSA) is 37.3 Å². The maximum atomic E-state index is 11.2. The first-order valence-corrected chi connectivity index (χ1v) is 6.89. The number of carboxylic acids is 1. The van der Waals surface area contributed by atoms with Crippen LogP contribution in [-0.2, 0) is 4.79 Å². The van der Waals surface area contributed by atoms with Gasteiger partial charge in [0, 0.05) is 4.90 Å². The van der Waals surface area contributed by atoms with Gasteiger partial charge in [0.2, 0.25) is 0 Å². The van der Waals surface area contributed by atoms with E-state index in [0.29, 0.717) is 0 Å². The first kappa shape index (κ1) is 14.1. The molecule has 0 heterocycles. The van der Waals surface area contributed by atoms with Crippen LogP contribution in [0.2, 0.25) is 0 Å². The molecule has 1 atom stereocenters. The van der Waals surface area contributed by atoms with E-state index in [-0.39, 0.29) is 5.25 Å². The number of aliphatic carboxylic acids is 1. The highest BCUT2D eigenvalue weighted by molar-refractivity contribution is 8.00. The fourth-order valence-corrected chi connectivity index (χ4v) is 2.79. The Morgan fingerprint density at radius 2 is 2.12 bits per heavy atom. The Bertz CT molecular complexity index is 388. The van der Waals surface area contributed by atoms with Gasteiger partial charge in [-0.1, -0.05) is 37.5 Å². The van der Waals surface area contributed by atoms with Crippen LogP contribution >= 0.6 is 11.8 Å². The summed E-state index contributed by atoms with van der Waals surface area (Å²) in [5, 5.41) is 8.86. The summed E-state index contributed by atoms with van der Waals surface area (Å²) in [7, 11) is 0. The molecule has 0 aliphatic heterocycles. The number of hydrogen-bond donors (Lipinski definition) is 1. The fourth-order valence-electron chi connectivity index (χ4n) is 1.71. The molecule has 0 radical (unpaired) electrons. The minimum atomic E-state index is -0.705. The van der Waals surface area contributed by atoms with E-state index in [0.717, 1.165) is 29.7 Å². The highest BCUT2D eigenvalue weighted by Crippen LogP contribution is 2.30. The molecule has 1 rings (SSSR count). The second kappa shape index (κ2) is 6.70. The summed E-state index contributed by atoms with van der Waals surface area (Å²) >= 11 is 1.47. The summed E-state index contributed by atoms with van der Waals surface area (Å²) in [5.74, 6) is -0.705. The summed E-state index contributed by atoms with van der Waals surface area (Å²) in [5.41, 5.74) is 2.38. The van der Waals surface area contributed by atoms with Crippen LogP contribution in [0.3, 0.4) is 0 Å². The molecule has 0 amide bonds. The number of carboxylic acid groups (broad SMARTS) is 1. The predicted octanol–water partition coefficient (Wildman–Crippen LogP) is 4.04. The zero-order valence-electron chi connectivity index (χ0n) is 10.7. The van der Waals surface area contributed by atoms with E-state index < -0.39 is 5.97 Å². The third kappa shape index (κ3) is 4.43. The quantitative estimate of drug-likeness (QED) is 0.776. The van der Waals surface area contributed by atoms with Crippen molar-refractivity contribution in [3.63, 3.8) is 0 Å². The Labute approximate surface area is 107 Å². The second-order valence-corrected chi connectivity index (χ2v) is 5.60. The molecular weight excluding hydrogens is 232 g/mol. The van der Waals surface area contributed by atoms with Crippen LogP contribution in [0.4, 0.5) is 0 Å². The van der Waals surface area contributed by atoms with Gasteiger partial charge in [0.1, 0.15) is 5.25 Å². The maximum Gasteiger partial charge on any atom is 0.316 e. The molecule has 94 valence electrons. The molecule has 2 nitrogen and oxygen atoms in total. The van der Waals surface area contributed by atoms with Crippen LogP contribution < -0.4 is 0 Å². The van der Waals surface area contributed by atoms with Gasteiger partial charge in [0.05, 0.1) is 0 Å². The average molecular weight is 252 g/mol. The van der Waals surface area contributed by atoms with E-state index in [2.05, 4.69) is 13.0 Å². The number of rotatable bonds is 6. The lowest BCUT2D eigenvalue weighted by Gasteiger charge is -2.13. The van der Waals surface area contributed by atoms with Gasteiger partial charge >= 0.3 is 5.97 Å². The van der Waals surface area contributed by atoms with Crippen molar-refractivity contribution >= 4 is 17.7 Å². The molecule has 1 aromatic carbocycles. The Hall–Kier alpha value is -0.960. The summed E-state index contributed by atoms with van der Waals surface area (Å²) in [6, 6.07) is 6.16. The van der Waals surface area contributed by atoms with Gasteiger partial charge in [-0.15, -0.1) is 11.8 Å². The van der Waals surface area contributed by atoms with E-state index in [1.807, 2.05) is 26.0 Å². The van der Waals surface area contributed by atoms with Crippen molar-refractivity contribution in [2.24, 2.45) is 0 Å². The van der Waals surface area contributed by atoms with Gasteiger partial charge in [-0.3, -0.25) is 4.79 Å². The lowest BCUT2D eigenvalue weighted by atomic mass is 10.2. The average Bonchev–Trinajstić information content (AvgIpc) is 2.26. The van der Waals surface area contributed by atoms with Gasteiger partial charge in [0.25, 0.3) is 0 Å². The highest BCUT2D eigenvalue weighted by atomic mass is 32.2. The molecule has 3 heteroatoms. The van der Waals surface area contributed by atoms with Crippen LogP contribution in [0.1, 0.15) is 37.3 Å². The summed E-state index contributed by atoms with van der Waals surface area (Å²) in [6.07, 6.45) is 2.75. The minimum absolute atomic E-state index is 0.323. The normalized spacial score (nSPS) is 12.4. The zero-order chi connectivity index (χ0) is 12.8. The lowest BCUT2D eigenvalue weighted by molar-refractivity contribution is -0.136. The number of carbonyl (C=O) groups is 1. The number of benzene rings is 1. The largest absolute Gasteiger partial charge is 0.480 e. The van der Waals surface area contributed by atoms with Crippen LogP contribution in [0.15, 0.2) is 23.1 Å². The molecular formula is C14H20O2S. The van der Waals surface area contributed by atoms with E-state index in [1.165, 1.54) is 17.3 Å². The molecule has 0 aromatic heterocycles. The monoisotopic (exact) mass is 252 g/mol. The van der Waals surface area contributed by atoms with Crippen molar-refractivity contribution in [1.82, 2.24) is 0 Å². The van der Waals surface area contributed by atoms with Crippen molar-refractivity contribution in [3.8, 4) is 0 Å². The highest BCUT2D eigenvalue weighted by Gasteiger charge is 2.18. The van der Waals surface area contributed by atoms with E-state index in [9.17, 15) is 9.90 Å². The van der Waals surface area contributed by atoms with Crippen LogP contribution in [0, 0.1) is 13.8 Å². The molecule has 1 unspecified atom stereocenters. The smallest absolute Gasteiger partial charge is 0.316 e. The van der Waals surface area contributed by atoms with Gasteiger partial charge in [-0.2, -0.15) is 0 Å². The summed E-state index contributed by atoms with van der Waals surface area (Å²) in [6.45, 7) is 6.17. The number of unbranched alkanes of at least 4 members (excludes halogenated alkanes) is 1. The standard InChI is InChI=1S/C14H20O2S/c1-4-5-6-13(14(15)16)17-12-8-7-10(2)9-11(12)3/h7-9,13H,4-6H2,1-3H3,(H,15,16). The van der Waals surface area contributed by atoms with E-state index >= 15 is 0 Å². The number of hydrogen-bond acceptors (Lipinski definition) is 2. The van der Waals surface area contributed by atoms with Crippen molar-refractivity contribution in [3.05, 3.63) is 29.3 Å². The molecule has 0 bridgehead atoms. The third-order valence-corrected chi connectivity index (χ3v) is 4.13. The molecule has 0 fully saturated rings. The summed E-state index contributed by atoms with van der Waals surface area (Å²) in [4.78, 5) is 12.2. The van der Waals surface area contributed by atoms with E-state index in [1.54, 1.807) is 0 Å². The Kier molecular flexibility index (Phi) is 5.56. The SMILES string of the molecule is CCCCC(Sc1ccc(C)cc1C)C(=O)O. The van der Waals surface area contributed by atoms with Crippen molar-refractivity contribution in [2.75, 3.05) is 0 Å². The third-order valence-electron chi connectivity index (χ3n) is 2.69. The zero-order valence-corrected chi connectivity index (χ0v) is 11.5. The van der Waals surface area contributed by atoms with Crippen LogP contribution in [0.5, 0.6) is 0 Å². The van der Waals surface area contributed by atoms with E-state index in [4.69, 9.17) is 0 Å². The van der Waals surface area contributed by atoms with Gasteiger partial charge in [-0.25, -0.2) is 0 Å². The van der Waals surface area contributed by atoms with Gasteiger partial charge in [-0.05, 0) is 31.9 Å². The molecule has 0 saturated heterocycles. The Balaban J connectivity index is 2.75. The van der Waals surface area contributed by atoms with Crippen molar-refractivity contribution in [2.45, 2.75) is 50.2 Å².